The van der Waals surface area contributed by atoms with E-state index in [1.54, 1.807) is 6.07 Å². The molecule has 0 aliphatic carbocycles. The SMILES string of the molecule is Cc1cc(C)c(N)c(C(=O)OC2CCN(C)CC2)c1. The van der Waals surface area contributed by atoms with Gasteiger partial charge in [-0.15, -0.1) is 0 Å². The molecule has 0 bridgehead atoms. The summed E-state index contributed by atoms with van der Waals surface area (Å²) >= 11 is 0. The van der Waals surface area contributed by atoms with E-state index in [1.807, 2.05) is 19.9 Å². The largest absolute Gasteiger partial charge is 0.459 e. The monoisotopic (exact) mass is 262 g/mol. The second-order valence-corrected chi connectivity index (χ2v) is 5.45. The lowest BCUT2D eigenvalue weighted by molar-refractivity contribution is 0.0140. The highest BCUT2D eigenvalue weighted by Gasteiger charge is 2.22. The van der Waals surface area contributed by atoms with E-state index in [2.05, 4.69) is 11.9 Å². The molecule has 4 nitrogen and oxygen atoms in total. The maximum atomic E-state index is 12.2. The van der Waals surface area contributed by atoms with Crippen LogP contribution in [0.1, 0.15) is 34.3 Å². The quantitative estimate of drug-likeness (QED) is 0.655. The maximum absolute atomic E-state index is 12.2. The molecule has 0 radical (unpaired) electrons. The van der Waals surface area contributed by atoms with Gasteiger partial charge in [0.15, 0.2) is 0 Å². The third kappa shape index (κ3) is 3.26. The summed E-state index contributed by atoms with van der Waals surface area (Å²) in [6.07, 6.45) is 1.81. The van der Waals surface area contributed by atoms with Crippen LogP contribution in [0, 0.1) is 13.8 Å². The van der Waals surface area contributed by atoms with E-state index in [-0.39, 0.29) is 12.1 Å². The number of benzene rings is 1. The fraction of sp³-hybridized carbons (Fsp3) is 0.533. The van der Waals surface area contributed by atoms with Crippen molar-refractivity contribution in [3.63, 3.8) is 0 Å². The van der Waals surface area contributed by atoms with Crippen molar-refractivity contribution >= 4 is 11.7 Å². The second kappa shape index (κ2) is 5.61. The summed E-state index contributed by atoms with van der Waals surface area (Å²) in [4.78, 5) is 14.4. The molecule has 1 aromatic carbocycles. The number of hydrogen-bond acceptors (Lipinski definition) is 4. The van der Waals surface area contributed by atoms with Gasteiger partial charge in [0.1, 0.15) is 6.10 Å². The molecule has 0 spiro atoms. The van der Waals surface area contributed by atoms with Gasteiger partial charge in [0.2, 0.25) is 0 Å². The molecule has 19 heavy (non-hydrogen) atoms. The first-order chi connectivity index (χ1) is 8.97. The van der Waals surface area contributed by atoms with E-state index >= 15 is 0 Å². The first-order valence-electron chi connectivity index (χ1n) is 6.73. The maximum Gasteiger partial charge on any atom is 0.340 e. The van der Waals surface area contributed by atoms with Crippen molar-refractivity contribution < 1.29 is 9.53 Å². The number of nitrogens with two attached hydrogens (primary N) is 1. The molecule has 0 saturated carbocycles. The summed E-state index contributed by atoms with van der Waals surface area (Å²) < 4.78 is 5.57. The van der Waals surface area contributed by atoms with E-state index in [1.165, 1.54) is 0 Å². The van der Waals surface area contributed by atoms with Crippen molar-refractivity contribution in [1.82, 2.24) is 4.90 Å². The van der Waals surface area contributed by atoms with Gasteiger partial charge < -0.3 is 15.4 Å². The Labute approximate surface area is 114 Å². The molecule has 0 amide bonds. The van der Waals surface area contributed by atoms with E-state index in [9.17, 15) is 4.79 Å². The standard InChI is InChI=1S/C15H22N2O2/c1-10-8-11(2)14(16)13(9-10)15(18)19-12-4-6-17(3)7-5-12/h8-9,12H,4-7,16H2,1-3H3. The molecule has 1 fully saturated rings. The predicted octanol–water partition coefficient (Wildman–Crippen LogP) is 2.14. The summed E-state index contributed by atoms with van der Waals surface area (Å²) in [6.45, 7) is 5.81. The van der Waals surface area contributed by atoms with Crippen LogP contribution in [0.4, 0.5) is 5.69 Å². The summed E-state index contributed by atoms with van der Waals surface area (Å²) in [6, 6.07) is 3.78. The number of nitrogens with zero attached hydrogens (tertiary/aromatic N) is 1. The molecular formula is C15H22N2O2. The highest BCUT2D eigenvalue weighted by atomic mass is 16.5. The molecule has 1 aliphatic rings. The van der Waals surface area contributed by atoms with Crippen LogP contribution in [0.2, 0.25) is 0 Å². The Morgan fingerprint density at radius 1 is 1.32 bits per heavy atom. The Hall–Kier alpha value is -1.55. The van der Waals surface area contributed by atoms with Crippen LogP contribution in [0.25, 0.3) is 0 Å². The number of carbonyl (C=O) groups excluding carboxylic acids is 1. The molecule has 2 N–H and O–H groups in total. The number of piperidine rings is 1. The Morgan fingerprint density at radius 2 is 1.95 bits per heavy atom. The first-order valence-corrected chi connectivity index (χ1v) is 6.73. The van der Waals surface area contributed by atoms with Gasteiger partial charge in [0.05, 0.1) is 5.56 Å². The summed E-state index contributed by atoms with van der Waals surface area (Å²) in [5.41, 5.74) is 8.95. The number of aryl methyl sites for hydroxylation is 2. The summed E-state index contributed by atoms with van der Waals surface area (Å²) in [5.74, 6) is -0.293. The molecule has 0 unspecified atom stereocenters. The van der Waals surface area contributed by atoms with E-state index in [0.29, 0.717) is 11.3 Å². The van der Waals surface area contributed by atoms with Crippen molar-refractivity contribution in [3.05, 3.63) is 28.8 Å². The molecule has 1 aliphatic heterocycles. The molecule has 104 valence electrons. The lowest BCUT2D eigenvalue weighted by Gasteiger charge is -2.28. The zero-order valence-electron chi connectivity index (χ0n) is 11.9. The predicted molar refractivity (Wildman–Crippen MR) is 76.3 cm³/mol. The van der Waals surface area contributed by atoms with Gasteiger partial charge in [0.25, 0.3) is 0 Å². The van der Waals surface area contributed by atoms with Crippen molar-refractivity contribution in [2.24, 2.45) is 0 Å². The van der Waals surface area contributed by atoms with Crippen molar-refractivity contribution in [2.45, 2.75) is 32.8 Å². The second-order valence-electron chi connectivity index (χ2n) is 5.45. The van der Waals surface area contributed by atoms with Crippen LogP contribution in [-0.4, -0.2) is 37.1 Å². The van der Waals surface area contributed by atoms with Crippen LogP contribution < -0.4 is 5.73 Å². The fourth-order valence-electron chi connectivity index (χ4n) is 2.47. The molecule has 1 heterocycles. The van der Waals surface area contributed by atoms with Crippen LogP contribution in [-0.2, 0) is 4.74 Å². The van der Waals surface area contributed by atoms with E-state index in [0.717, 1.165) is 37.1 Å². The van der Waals surface area contributed by atoms with E-state index in [4.69, 9.17) is 10.5 Å². The lowest BCUT2D eigenvalue weighted by Crippen LogP contribution is -2.35. The van der Waals surface area contributed by atoms with Crippen molar-refractivity contribution in [2.75, 3.05) is 25.9 Å². The van der Waals surface area contributed by atoms with Gasteiger partial charge in [-0.2, -0.15) is 0 Å². The molecule has 0 atom stereocenters. The zero-order chi connectivity index (χ0) is 14.0. The average molecular weight is 262 g/mol. The first kappa shape index (κ1) is 13.9. The van der Waals surface area contributed by atoms with Gasteiger partial charge in [-0.3, -0.25) is 0 Å². The molecule has 1 aromatic rings. The highest BCUT2D eigenvalue weighted by Crippen LogP contribution is 2.22. The van der Waals surface area contributed by atoms with Gasteiger partial charge in [-0.25, -0.2) is 4.79 Å². The highest BCUT2D eigenvalue weighted by molar-refractivity contribution is 5.96. The number of ether oxygens (including phenoxy) is 1. The smallest absolute Gasteiger partial charge is 0.340 e. The normalized spacial score (nSPS) is 17.4. The Bertz CT molecular complexity index is 477. The number of esters is 1. The van der Waals surface area contributed by atoms with Crippen LogP contribution >= 0.6 is 0 Å². The Kier molecular flexibility index (Phi) is 4.10. The summed E-state index contributed by atoms with van der Waals surface area (Å²) in [5, 5.41) is 0. The third-order valence-corrected chi connectivity index (χ3v) is 3.69. The van der Waals surface area contributed by atoms with Gasteiger partial charge in [0, 0.05) is 18.8 Å². The number of hydrogen-bond donors (Lipinski definition) is 1. The van der Waals surface area contributed by atoms with Crippen molar-refractivity contribution in [3.8, 4) is 0 Å². The molecule has 0 aromatic heterocycles. The van der Waals surface area contributed by atoms with Crippen LogP contribution in [0.5, 0.6) is 0 Å². The third-order valence-electron chi connectivity index (χ3n) is 3.69. The molecule has 1 saturated heterocycles. The Balaban J connectivity index is 2.08. The number of rotatable bonds is 2. The molecule has 2 rings (SSSR count). The van der Waals surface area contributed by atoms with E-state index < -0.39 is 0 Å². The lowest BCUT2D eigenvalue weighted by atomic mass is 10.0. The minimum Gasteiger partial charge on any atom is -0.459 e. The molecular weight excluding hydrogens is 240 g/mol. The minimum absolute atomic E-state index is 0.0175. The van der Waals surface area contributed by atoms with Gasteiger partial charge >= 0.3 is 5.97 Å². The number of anilines is 1. The summed E-state index contributed by atoms with van der Waals surface area (Å²) in [7, 11) is 2.08. The average Bonchev–Trinajstić information content (AvgIpc) is 2.36. The van der Waals surface area contributed by atoms with Crippen LogP contribution in [0.15, 0.2) is 12.1 Å². The zero-order valence-corrected chi connectivity index (χ0v) is 11.9. The van der Waals surface area contributed by atoms with Gasteiger partial charge in [-0.1, -0.05) is 6.07 Å². The van der Waals surface area contributed by atoms with Gasteiger partial charge in [-0.05, 0) is 50.9 Å². The minimum atomic E-state index is -0.293. The Morgan fingerprint density at radius 3 is 2.58 bits per heavy atom. The number of carbonyl (C=O) groups is 1. The number of likely N-dealkylation sites (tertiary alicyclic amines) is 1. The topological polar surface area (TPSA) is 55.6 Å². The fourth-order valence-corrected chi connectivity index (χ4v) is 2.47. The van der Waals surface area contributed by atoms with Crippen molar-refractivity contribution in [1.29, 1.82) is 0 Å². The van der Waals surface area contributed by atoms with Crippen LogP contribution in [0.3, 0.4) is 0 Å². The number of nitrogen functional groups attached to an aromatic ring is 1. The molecule has 4 heteroatoms.